The van der Waals surface area contributed by atoms with E-state index < -0.39 is 7.26 Å². The van der Waals surface area contributed by atoms with E-state index in [1.54, 1.807) is 0 Å². The second kappa shape index (κ2) is 6.87. The van der Waals surface area contributed by atoms with E-state index in [0.717, 1.165) is 11.3 Å². The molecule has 0 unspecified atom stereocenters. The van der Waals surface area contributed by atoms with Crippen LogP contribution in [0.4, 0.5) is 0 Å². The number of rotatable bonds is 6. The number of benzene rings is 2. The number of carbonyl (C=O) groups is 1. The van der Waals surface area contributed by atoms with Crippen molar-refractivity contribution in [3.63, 3.8) is 0 Å². The van der Waals surface area contributed by atoms with Gasteiger partial charge in [-0.3, -0.25) is 0 Å². The van der Waals surface area contributed by atoms with Crippen LogP contribution in [0.2, 0.25) is 0 Å². The zero-order valence-electron chi connectivity index (χ0n) is 12.9. The maximum absolute atomic E-state index is 12.0. The minimum atomic E-state index is -1.43. The Morgan fingerprint density at radius 3 is 2.24 bits per heavy atom. The molecule has 2 rings (SSSR count). The van der Waals surface area contributed by atoms with Crippen LogP contribution in [0.3, 0.4) is 0 Å². The number of ether oxygens (including phenoxy) is 1. The summed E-state index contributed by atoms with van der Waals surface area (Å²) in [5, 5.41) is 1.30. The number of hydrogen-bond donors (Lipinski definition) is 0. The average Bonchev–Trinajstić information content (AvgIpc) is 2.47. The molecule has 0 aromatic heterocycles. The van der Waals surface area contributed by atoms with Crippen LogP contribution >= 0.6 is 7.26 Å². The van der Waals surface area contributed by atoms with Crippen molar-refractivity contribution in [2.75, 3.05) is 26.6 Å². The van der Waals surface area contributed by atoms with Gasteiger partial charge in [0.05, 0.1) is 0 Å². The molecule has 21 heavy (non-hydrogen) atoms. The minimum absolute atomic E-state index is 0.126. The third-order valence-corrected chi connectivity index (χ3v) is 5.41. The van der Waals surface area contributed by atoms with E-state index in [-0.39, 0.29) is 5.78 Å². The SMILES string of the molecule is C[PH](C)(C)c1ccccc1OCCC(=O)c1ccccc1. The van der Waals surface area contributed by atoms with Gasteiger partial charge in [-0.2, -0.15) is 0 Å². The van der Waals surface area contributed by atoms with Gasteiger partial charge in [0.25, 0.3) is 0 Å². The van der Waals surface area contributed by atoms with Gasteiger partial charge in [-0.1, -0.05) is 0 Å². The fourth-order valence-electron chi connectivity index (χ4n) is 2.23. The fourth-order valence-corrected chi connectivity index (χ4v) is 3.73. The molecule has 0 atom stereocenters. The monoisotopic (exact) mass is 302 g/mol. The Balaban J connectivity index is 1.97. The molecule has 2 nitrogen and oxygen atoms in total. The van der Waals surface area contributed by atoms with Gasteiger partial charge in [-0.05, 0) is 0 Å². The average molecular weight is 302 g/mol. The summed E-state index contributed by atoms with van der Waals surface area (Å²) in [5.41, 5.74) is 0.750. The van der Waals surface area contributed by atoms with E-state index >= 15 is 0 Å². The molecule has 0 spiro atoms. The summed E-state index contributed by atoms with van der Waals surface area (Å²) >= 11 is 0. The van der Waals surface area contributed by atoms with E-state index in [4.69, 9.17) is 4.74 Å². The van der Waals surface area contributed by atoms with Crippen LogP contribution in [0, 0.1) is 0 Å². The number of carbonyl (C=O) groups excluding carboxylic acids is 1. The molecule has 0 aliphatic heterocycles. The summed E-state index contributed by atoms with van der Waals surface area (Å²) < 4.78 is 5.87. The first-order chi connectivity index (χ1) is 9.98. The van der Waals surface area contributed by atoms with Crippen molar-refractivity contribution in [1.82, 2.24) is 0 Å². The van der Waals surface area contributed by atoms with Crippen molar-refractivity contribution in [3.8, 4) is 5.75 Å². The summed E-state index contributed by atoms with van der Waals surface area (Å²) in [6.07, 6.45) is 0.407. The standard InChI is InChI=1S/C18H23O2P/c1-21(2,3)18-12-8-7-11-17(18)20-14-13-16(19)15-9-5-4-6-10-15/h4-12,21H,13-14H2,1-3H3. The number of para-hydroxylation sites is 1. The first kappa shape index (κ1) is 15.7. The number of Topliss-reactive ketones (excluding diaryl/α,β-unsaturated/α-hetero) is 1. The molecule has 0 heterocycles. The van der Waals surface area contributed by atoms with Crippen LogP contribution in [-0.2, 0) is 0 Å². The molecule has 0 saturated carbocycles. The van der Waals surface area contributed by atoms with Crippen molar-refractivity contribution < 1.29 is 9.53 Å². The van der Waals surface area contributed by atoms with Crippen LogP contribution in [-0.4, -0.2) is 32.4 Å². The molecule has 0 N–H and O–H groups in total. The summed E-state index contributed by atoms with van der Waals surface area (Å²) in [6.45, 7) is 7.31. The normalized spacial score (nSPS) is 12.0. The summed E-state index contributed by atoms with van der Waals surface area (Å²) in [5.74, 6) is 1.05. The third-order valence-electron chi connectivity index (χ3n) is 3.38. The molecule has 0 aliphatic rings. The van der Waals surface area contributed by atoms with Gasteiger partial charge in [0, 0.05) is 0 Å². The molecule has 0 radical (unpaired) electrons. The maximum atomic E-state index is 12.0. The zero-order valence-corrected chi connectivity index (χ0v) is 13.9. The van der Waals surface area contributed by atoms with E-state index in [0.29, 0.717) is 13.0 Å². The predicted molar refractivity (Wildman–Crippen MR) is 93.0 cm³/mol. The number of hydrogen-bond acceptors (Lipinski definition) is 2. The first-order valence-electron chi connectivity index (χ1n) is 7.29. The van der Waals surface area contributed by atoms with Crippen LogP contribution in [0.15, 0.2) is 54.6 Å². The van der Waals surface area contributed by atoms with E-state index in [1.165, 1.54) is 5.30 Å². The van der Waals surface area contributed by atoms with Gasteiger partial charge >= 0.3 is 127 Å². The molecule has 0 saturated heterocycles. The Bertz CT molecular complexity index is 600. The molecule has 0 bridgehead atoms. The van der Waals surface area contributed by atoms with Gasteiger partial charge < -0.3 is 0 Å². The molecule has 0 amide bonds. The van der Waals surface area contributed by atoms with Gasteiger partial charge in [-0.15, -0.1) is 0 Å². The van der Waals surface area contributed by atoms with Crippen LogP contribution in [0.1, 0.15) is 16.8 Å². The summed E-state index contributed by atoms with van der Waals surface area (Å²) in [4.78, 5) is 12.0. The Hall–Kier alpha value is -1.66. The number of ketones is 1. The second-order valence-electron chi connectivity index (χ2n) is 6.13. The van der Waals surface area contributed by atoms with Crippen molar-refractivity contribution in [3.05, 3.63) is 60.2 Å². The molecule has 0 aliphatic carbocycles. The molecule has 2 aromatic rings. The van der Waals surface area contributed by atoms with Gasteiger partial charge in [0.1, 0.15) is 0 Å². The van der Waals surface area contributed by atoms with Crippen LogP contribution < -0.4 is 10.0 Å². The predicted octanol–water partition coefficient (Wildman–Crippen LogP) is 3.60. The molecular weight excluding hydrogens is 279 g/mol. The summed E-state index contributed by atoms with van der Waals surface area (Å²) in [6, 6.07) is 17.5. The van der Waals surface area contributed by atoms with Gasteiger partial charge in [0.15, 0.2) is 0 Å². The Morgan fingerprint density at radius 1 is 0.952 bits per heavy atom. The molecule has 0 fully saturated rings. The van der Waals surface area contributed by atoms with Crippen molar-refractivity contribution >= 4 is 18.4 Å². The molecule has 3 heteroatoms. The van der Waals surface area contributed by atoms with E-state index in [2.05, 4.69) is 32.1 Å². The quantitative estimate of drug-likeness (QED) is 0.602. The van der Waals surface area contributed by atoms with Crippen molar-refractivity contribution in [2.45, 2.75) is 6.42 Å². The Morgan fingerprint density at radius 2 is 1.57 bits per heavy atom. The first-order valence-corrected chi connectivity index (χ1v) is 10.8. The molecule has 2 aromatic carbocycles. The second-order valence-corrected chi connectivity index (χ2v) is 11.2. The zero-order chi connectivity index (χ0) is 15.3. The van der Waals surface area contributed by atoms with E-state index in [1.807, 2.05) is 42.5 Å². The molecular formula is C18H23O2P. The summed E-state index contributed by atoms with van der Waals surface area (Å²) in [7, 11) is -1.43. The van der Waals surface area contributed by atoms with E-state index in [9.17, 15) is 4.79 Å². The Kier molecular flexibility index (Phi) is 5.14. The van der Waals surface area contributed by atoms with Crippen molar-refractivity contribution in [2.24, 2.45) is 0 Å². The topological polar surface area (TPSA) is 26.3 Å². The van der Waals surface area contributed by atoms with Crippen LogP contribution in [0.5, 0.6) is 5.75 Å². The van der Waals surface area contributed by atoms with Crippen LogP contribution in [0.25, 0.3) is 0 Å². The fraction of sp³-hybridized carbons (Fsp3) is 0.278. The van der Waals surface area contributed by atoms with Crippen molar-refractivity contribution in [1.29, 1.82) is 0 Å². The Labute approximate surface area is 127 Å². The van der Waals surface area contributed by atoms with Gasteiger partial charge in [0.2, 0.25) is 0 Å². The van der Waals surface area contributed by atoms with Gasteiger partial charge in [-0.25, -0.2) is 0 Å². The third kappa shape index (κ3) is 4.41. The molecule has 112 valence electrons.